The van der Waals surface area contributed by atoms with Crippen LogP contribution >= 0.6 is 23.2 Å². The molecule has 1 aromatic heterocycles. The number of halogens is 2. The van der Waals surface area contributed by atoms with Crippen LogP contribution in [0.2, 0.25) is 10.0 Å². The maximum absolute atomic E-state index is 5.97. The van der Waals surface area contributed by atoms with Crippen molar-refractivity contribution in [3.8, 4) is 0 Å². The van der Waals surface area contributed by atoms with Crippen molar-refractivity contribution in [3.05, 3.63) is 28.1 Å². The van der Waals surface area contributed by atoms with Crippen molar-refractivity contribution in [1.82, 2.24) is 4.98 Å². The molecule has 0 saturated carbocycles. The second-order valence-corrected chi connectivity index (χ2v) is 3.94. The zero-order valence-corrected chi connectivity index (χ0v) is 9.19. The Morgan fingerprint density at radius 3 is 2.86 bits per heavy atom. The fourth-order valence-corrected chi connectivity index (χ4v) is 1.84. The van der Waals surface area contributed by atoms with Crippen LogP contribution in [0.3, 0.4) is 0 Å². The molecular formula is C10H9Cl2NO. The first-order chi connectivity index (χ1) is 6.70. The van der Waals surface area contributed by atoms with Crippen molar-refractivity contribution in [2.45, 2.75) is 19.8 Å². The molecule has 0 fully saturated rings. The fourth-order valence-electron chi connectivity index (χ4n) is 1.32. The molecule has 4 heteroatoms. The molecule has 74 valence electrons. The second-order valence-electron chi connectivity index (χ2n) is 3.09. The number of aryl methyl sites for hydroxylation is 1. The van der Waals surface area contributed by atoms with Gasteiger partial charge in [-0.1, -0.05) is 30.1 Å². The summed E-state index contributed by atoms with van der Waals surface area (Å²) in [6.07, 6.45) is 1.82. The molecule has 0 aliphatic heterocycles. The van der Waals surface area contributed by atoms with Gasteiger partial charge in [0.1, 0.15) is 5.52 Å². The first kappa shape index (κ1) is 9.81. The van der Waals surface area contributed by atoms with Gasteiger partial charge in [0.05, 0.1) is 5.02 Å². The van der Waals surface area contributed by atoms with Crippen LogP contribution in [-0.4, -0.2) is 4.98 Å². The molecule has 0 amide bonds. The Labute approximate surface area is 91.8 Å². The number of nitrogens with zero attached hydrogens (tertiary/aromatic N) is 1. The number of hydrogen-bond donors (Lipinski definition) is 0. The molecule has 0 saturated heterocycles. The molecule has 2 rings (SSSR count). The Bertz CT molecular complexity index is 464. The van der Waals surface area contributed by atoms with Gasteiger partial charge >= 0.3 is 0 Å². The van der Waals surface area contributed by atoms with Crippen molar-refractivity contribution < 1.29 is 4.42 Å². The summed E-state index contributed by atoms with van der Waals surface area (Å²) in [6, 6.07) is 3.40. The van der Waals surface area contributed by atoms with Gasteiger partial charge in [0.2, 0.25) is 0 Å². The number of benzene rings is 1. The number of hydrogen-bond acceptors (Lipinski definition) is 2. The summed E-state index contributed by atoms with van der Waals surface area (Å²) >= 11 is 11.8. The van der Waals surface area contributed by atoms with Crippen molar-refractivity contribution in [2.24, 2.45) is 0 Å². The third-order valence-corrected chi connectivity index (χ3v) is 2.43. The van der Waals surface area contributed by atoms with Gasteiger partial charge in [-0.15, -0.1) is 0 Å². The molecule has 0 radical (unpaired) electrons. The van der Waals surface area contributed by atoms with Crippen LogP contribution in [0.5, 0.6) is 0 Å². The molecule has 1 heterocycles. The highest BCUT2D eigenvalue weighted by molar-refractivity contribution is 6.38. The largest absolute Gasteiger partial charge is 0.441 e. The predicted molar refractivity (Wildman–Crippen MR) is 58.0 cm³/mol. The fraction of sp³-hybridized carbons (Fsp3) is 0.300. The molecular weight excluding hydrogens is 221 g/mol. The summed E-state index contributed by atoms with van der Waals surface area (Å²) in [4.78, 5) is 4.29. The topological polar surface area (TPSA) is 26.0 Å². The van der Waals surface area contributed by atoms with E-state index in [0.717, 1.165) is 12.8 Å². The minimum atomic E-state index is 0.540. The summed E-state index contributed by atoms with van der Waals surface area (Å²) in [7, 11) is 0. The maximum Gasteiger partial charge on any atom is 0.195 e. The van der Waals surface area contributed by atoms with Gasteiger partial charge in [-0.3, -0.25) is 0 Å². The molecule has 0 atom stereocenters. The molecule has 0 aliphatic carbocycles. The molecule has 14 heavy (non-hydrogen) atoms. The van der Waals surface area contributed by atoms with Crippen LogP contribution in [0.4, 0.5) is 0 Å². The Kier molecular flexibility index (Phi) is 2.66. The molecule has 1 aromatic carbocycles. The highest BCUT2D eigenvalue weighted by Gasteiger charge is 2.09. The van der Waals surface area contributed by atoms with E-state index in [1.807, 2.05) is 0 Å². The van der Waals surface area contributed by atoms with Gasteiger partial charge in [0, 0.05) is 17.5 Å². The lowest BCUT2D eigenvalue weighted by Gasteiger charge is -1.91. The van der Waals surface area contributed by atoms with Gasteiger partial charge in [0.15, 0.2) is 11.5 Å². The van der Waals surface area contributed by atoms with Crippen LogP contribution < -0.4 is 0 Å². The first-order valence-electron chi connectivity index (χ1n) is 4.45. The van der Waals surface area contributed by atoms with E-state index >= 15 is 0 Å². The number of rotatable bonds is 2. The normalized spacial score (nSPS) is 11.1. The predicted octanol–water partition coefficient (Wildman–Crippen LogP) is 4.09. The Morgan fingerprint density at radius 1 is 1.36 bits per heavy atom. The average Bonchev–Trinajstić information content (AvgIpc) is 2.48. The average molecular weight is 230 g/mol. The van der Waals surface area contributed by atoms with Crippen LogP contribution in [0.25, 0.3) is 11.1 Å². The van der Waals surface area contributed by atoms with Crippen LogP contribution in [-0.2, 0) is 6.42 Å². The second kappa shape index (κ2) is 3.79. The van der Waals surface area contributed by atoms with Gasteiger partial charge in [-0.25, -0.2) is 4.98 Å². The molecule has 0 aliphatic rings. The summed E-state index contributed by atoms with van der Waals surface area (Å²) < 4.78 is 5.49. The highest BCUT2D eigenvalue weighted by atomic mass is 35.5. The van der Waals surface area contributed by atoms with E-state index in [1.165, 1.54) is 0 Å². The van der Waals surface area contributed by atoms with E-state index < -0.39 is 0 Å². The number of aromatic nitrogens is 1. The first-order valence-corrected chi connectivity index (χ1v) is 5.20. The van der Waals surface area contributed by atoms with Gasteiger partial charge in [0.25, 0.3) is 0 Å². The van der Waals surface area contributed by atoms with E-state index in [9.17, 15) is 0 Å². The van der Waals surface area contributed by atoms with Crippen LogP contribution in [0.1, 0.15) is 19.2 Å². The van der Waals surface area contributed by atoms with Gasteiger partial charge in [-0.2, -0.15) is 0 Å². The molecule has 0 N–H and O–H groups in total. The van der Waals surface area contributed by atoms with Crippen molar-refractivity contribution in [1.29, 1.82) is 0 Å². The minimum Gasteiger partial charge on any atom is -0.441 e. The minimum absolute atomic E-state index is 0.540. The van der Waals surface area contributed by atoms with Crippen LogP contribution in [0, 0.1) is 0 Å². The van der Waals surface area contributed by atoms with Gasteiger partial charge in [-0.05, 0) is 12.5 Å². The van der Waals surface area contributed by atoms with Gasteiger partial charge < -0.3 is 4.42 Å². The quantitative estimate of drug-likeness (QED) is 0.776. The number of oxazole rings is 1. The molecule has 0 bridgehead atoms. The maximum atomic E-state index is 5.97. The standard InChI is InChI=1S/C10H9Cl2NO/c1-2-3-9-13-10-7(12)4-6(11)5-8(10)14-9/h4-5H,2-3H2,1H3. The molecule has 2 aromatic rings. The van der Waals surface area contributed by atoms with E-state index in [0.29, 0.717) is 27.0 Å². The zero-order valence-electron chi connectivity index (χ0n) is 7.68. The summed E-state index contributed by atoms with van der Waals surface area (Å²) in [5, 5.41) is 1.11. The smallest absolute Gasteiger partial charge is 0.195 e. The Balaban J connectivity index is 2.58. The lowest BCUT2D eigenvalue weighted by atomic mass is 10.3. The zero-order chi connectivity index (χ0) is 10.1. The Morgan fingerprint density at radius 2 is 2.14 bits per heavy atom. The molecule has 0 unspecified atom stereocenters. The summed E-state index contributed by atoms with van der Waals surface area (Å²) in [6.45, 7) is 2.07. The van der Waals surface area contributed by atoms with E-state index in [4.69, 9.17) is 27.6 Å². The van der Waals surface area contributed by atoms with E-state index in [2.05, 4.69) is 11.9 Å². The van der Waals surface area contributed by atoms with E-state index in [-0.39, 0.29) is 0 Å². The summed E-state index contributed by atoms with van der Waals surface area (Å²) in [5.74, 6) is 0.715. The monoisotopic (exact) mass is 229 g/mol. The lowest BCUT2D eigenvalue weighted by Crippen LogP contribution is -1.80. The molecule has 0 spiro atoms. The summed E-state index contributed by atoms with van der Waals surface area (Å²) in [5.41, 5.74) is 1.35. The van der Waals surface area contributed by atoms with E-state index in [1.54, 1.807) is 12.1 Å². The van der Waals surface area contributed by atoms with Crippen molar-refractivity contribution in [3.63, 3.8) is 0 Å². The SMILES string of the molecule is CCCc1nc2c(Cl)cc(Cl)cc2o1. The highest BCUT2D eigenvalue weighted by Crippen LogP contribution is 2.28. The van der Waals surface area contributed by atoms with Crippen molar-refractivity contribution >= 4 is 34.3 Å². The Hall–Kier alpha value is -0.730. The van der Waals surface area contributed by atoms with Crippen molar-refractivity contribution in [2.75, 3.05) is 0 Å². The number of fused-ring (bicyclic) bond motifs is 1. The molecule has 2 nitrogen and oxygen atoms in total. The lowest BCUT2D eigenvalue weighted by molar-refractivity contribution is 0.525. The third kappa shape index (κ3) is 1.72. The third-order valence-electron chi connectivity index (χ3n) is 1.92. The van der Waals surface area contributed by atoms with Crippen LogP contribution in [0.15, 0.2) is 16.5 Å².